The average Bonchev–Trinajstić information content (AvgIpc) is 2.48. The lowest BCUT2D eigenvalue weighted by Crippen LogP contribution is -2.46. The summed E-state index contributed by atoms with van der Waals surface area (Å²) in [5.74, 6) is -0.154. The van der Waals surface area contributed by atoms with E-state index in [9.17, 15) is 9.59 Å². The van der Waals surface area contributed by atoms with Gasteiger partial charge in [-0.2, -0.15) is 0 Å². The fraction of sp³-hybridized carbons (Fsp3) is 0.357. The first-order valence-electron chi connectivity index (χ1n) is 6.33. The number of piperidine rings is 1. The van der Waals surface area contributed by atoms with Crippen LogP contribution in [0.3, 0.4) is 0 Å². The number of hydrogen-bond donors (Lipinski definition) is 1. The first-order valence-corrected chi connectivity index (χ1v) is 6.33. The number of hydrogen-bond acceptors (Lipinski definition) is 3. The Balaban J connectivity index is 1.88. The van der Waals surface area contributed by atoms with Gasteiger partial charge in [0.1, 0.15) is 0 Å². The molecule has 1 saturated heterocycles. The molecule has 100 valence electrons. The van der Waals surface area contributed by atoms with Crippen LogP contribution in [0.5, 0.6) is 0 Å². The first-order chi connectivity index (χ1) is 9.20. The molecule has 1 fully saturated rings. The predicted octanol–water partition coefficient (Wildman–Crippen LogP) is 0.988. The Kier molecular flexibility index (Phi) is 4.28. The first kappa shape index (κ1) is 13.3. The maximum Gasteiger partial charge on any atom is 0.255 e. The van der Waals surface area contributed by atoms with E-state index >= 15 is 0 Å². The van der Waals surface area contributed by atoms with Crippen molar-refractivity contribution < 1.29 is 9.59 Å². The van der Waals surface area contributed by atoms with E-state index in [0.29, 0.717) is 18.7 Å². The molecule has 0 unspecified atom stereocenters. The molecular formula is C14H17N3O2. The molecule has 2 rings (SSSR count). The van der Waals surface area contributed by atoms with Gasteiger partial charge < -0.3 is 10.2 Å². The van der Waals surface area contributed by atoms with Crippen molar-refractivity contribution in [1.29, 1.82) is 0 Å². The Morgan fingerprint density at radius 1 is 1.42 bits per heavy atom. The van der Waals surface area contributed by atoms with Gasteiger partial charge >= 0.3 is 0 Å². The Morgan fingerprint density at radius 2 is 2.16 bits per heavy atom. The molecule has 0 atom stereocenters. The summed E-state index contributed by atoms with van der Waals surface area (Å²) in [4.78, 5) is 29.1. The van der Waals surface area contributed by atoms with Crippen molar-refractivity contribution in [3.05, 3.63) is 42.7 Å². The second-order valence-corrected chi connectivity index (χ2v) is 4.52. The van der Waals surface area contributed by atoms with Crippen LogP contribution < -0.4 is 5.32 Å². The van der Waals surface area contributed by atoms with Gasteiger partial charge in [-0.3, -0.25) is 14.6 Å². The minimum Gasteiger partial charge on any atom is -0.350 e. The zero-order valence-electron chi connectivity index (χ0n) is 10.7. The van der Waals surface area contributed by atoms with Crippen LogP contribution in [0, 0.1) is 0 Å². The number of nitrogens with zero attached hydrogens (tertiary/aromatic N) is 2. The summed E-state index contributed by atoms with van der Waals surface area (Å²) in [6, 6.07) is 3.65. The van der Waals surface area contributed by atoms with Crippen LogP contribution in [0.25, 0.3) is 0 Å². The molecule has 0 aliphatic carbocycles. The van der Waals surface area contributed by atoms with E-state index in [2.05, 4.69) is 16.9 Å². The molecule has 1 aromatic heterocycles. The third-order valence-electron chi connectivity index (χ3n) is 3.22. The molecule has 1 N–H and O–H groups in total. The highest BCUT2D eigenvalue weighted by Gasteiger charge is 2.24. The van der Waals surface area contributed by atoms with Crippen LogP contribution >= 0.6 is 0 Å². The molecule has 0 radical (unpaired) electrons. The molecule has 0 saturated carbocycles. The van der Waals surface area contributed by atoms with Crippen LogP contribution in [-0.4, -0.2) is 40.8 Å². The second-order valence-electron chi connectivity index (χ2n) is 4.52. The molecule has 2 heterocycles. The lowest BCUT2D eigenvalue weighted by Gasteiger charge is -2.32. The van der Waals surface area contributed by atoms with E-state index in [0.717, 1.165) is 12.8 Å². The summed E-state index contributed by atoms with van der Waals surface area (Å²) in [7, 11) is 0. The van der Waals surface area contributed by atoms with Crippen LogP contribution in [-0.2, 0) is 4.79 Å². The highest BCUT2D eigenvalue weighted by atomic mass is 16.2. The van der Waals surface area contributed by atoms with Crippen molar-refractivity contribution in [1.82, 2.24) is 15.2 Å². The molecule has 2 amide bonds. The largest absolute Gasteiger partial charge is 0.350 e. The fourth-order valence-corrected chi connectivity index (χ4v) is 2.16. The zero-order chi connectivity index (χ0) is 13.7. The standard InChI is InChI=1S/C14H17N3O2/c1-2-13(18)16-12-5-8-17(9-6-12)14(19)11-4-3-7-15-10-11/h2-4,7,10,12H,1,5-6,8-9H2,(H,16,18). The predicted molar refractivity (Wildman–Crippen MR) is 71.5 cm³/mol. The van der Waals surface area contributed by atoms with E-state index in [1.54, 1.807) is 29.4 Å². The Bertz CT molecular complexity index is 465. The van der Waals surface area contributed by atoms with Crippen LogP contribution in [0.15, 0.2) is 37.2 Å². The molecule has 19 heavy (non-hydrogen) atoms. The van der Waals surface area contributed by atoms with Crippen LogP contribution in [0.4, 0.5) is 0 Å². The summed E-state index contributed by atoms with van der Waals surface area (Å²) in [6.45, 7) is 4.72. The Morgan fingerprint density at radius 3 is 2.74 bits per heavy atom. The molecule has 5 heteroatoms. The number of aromatic nitrogens is 1. The Hall–Kier alpha value is -2.17. The number of rotatable bonds is 3. The van der Waals surface area contributed by atoms with Gasteiger partial charge in [0, 0.05) is 31.5 Å². The van der Waals surface area contributed by atoms with Gasteiger partial charge in [0.2, 0.25) is 5.91 Å². The van der Waals surface area contributed by atoms with Crippen molar-refractivity contribution in [2.24, 2.45) is 0 Å². The highest BCUT2D eigenvalue weighted by molar-refractivity contribution is 5.94. The Labute approximate surface area is 112 Å². The quantitative estimate of drug-likeness (QED) is 0.823. The van der Waals surface area contributed by atoms with E-state index in [-0.39, 0.29) is 17.9 Å². The maximum absolute atomic E-state index is 12.2. The molecule has 0 aromatic carbocycles. The molecular weight excluding hydrogens is 242 g/mol. The van der Waals surface area contributed by atoms with Crippen molar-refractivity contribution >= 4 is 11.8 Å². The van der Waals surface area contributed by atoms with Gasteiger partial charge in [0.25, 0.3) is 5.91 Å². The summed E-state index contributed by atoms with van der Waals surface area (Å²) in [5.41, 5.74) is 0.607. The molecule has 0 spiro atoms. The van der Waals surface area contributed by atoms with E-state index in [1.165, 1.54) is 6.08 Å². The summed E-state index contributed by atoms with van der Waals surface area (Å²) >= 11 is 0. The number of likely N-dealkylation sites (tertiary alicyclic amines) is 1. The van der Waals surface area contributed by atoms with Gasteiger partial charge in [-0.05, 0) is 31.1 Å². The van der Waals surface area contributed by atoms with Gasteiger partial charge in [-0.1, -0.05) is 6.58 Å². The van der Waals surface area contributed by atoms with E-state index in [1.807, 2.05) is 0 Å². The van der Waals surface area contributed by atoms with Gasteiger partial charge in [0.05, 0.1) is 5.56 Å². The number of carbonyl (C=O) groups is 2. The smallest absolute Gasteiger partial charge is 0.255 e. The van der Waals surface area contributed by atoms with Crippen molar-refractivity contribution in [2.75, 3.05) is 13.1 Å². The normalized spacial score (nSPS) is 15.9. The van der Waals surface area contributed by atoms with Crippen molar-refractivity contribution in [3.8, 4) is 0 Å². The third kappa shape index (κ3) is 3.40. The number of amides is 2. The summed E-state index contributed by atoms with van der Waals surface area (Å²) in [5, 5.41) is 2.86. The van der Waals surface area contributed by atoms with Crippen LogP contribution in [0.1, 0.15) is 23.2 Å². The number of pyridine rings is 1. The monoisotopic (exact) mass is 259 g/mol. The van der Waals surface area contributed by atoms with Gasteiger partial charge in [0.15, 0.2) is 0 Å². The average molecular weight is 259 g/mol. The molecule has 1 aliphatic rings. The fourth-order valence-electron chi connectivity index (χ4n) is 2.16. The topological polar surface area (TPSA) is 62.3 Å². The lowest BCUT2D eigenvalue weighted by molar-refractivity contribution is -0.117. The zero-order valence-corrected chi connectivity index (χ0v) is 10.7. The second kappa shape index (κ2) is 6.13. The summed E-state index contributed by atoms with van der Waals surface area (Å²) in [6.07, 6.45) is 6.03. The highest BCUT2D eigenvalue weighted by Crippen LogP contribution is 2.13. The molecule has 5 nitrogen and oxygen atoms in total. The van der Waals surface area contributed by atoms with Gasteiger partial charge in [-0.25, -0.2) is 0 Å². The maximum atomic E-state index is 12.2. The molecule has 1 aromatic rings. The summed E-state index contributed by atoms with van der Waals surface area (Å²) < 4.78 is 0. The number of carbonyl (C=O) groups excluding carboxylic acids is 2. The SMILES string of the molecule is C=CC(=O)NC1CCN(C(=O)c2cccnc2)CC1. The minimum absolute atomic E-state index is 0.00148. The lowest BCUT2D eigenvalue weighted by atomic mass is 10.0. The minimum atomic E-state index is -0.156. The van der Waals surface area contributed by atoms with E-state index in [4.69, 9.17) is 0 Å². The van der Waals surface area contributed by atoms with Crippen LogP contribution in [0.2, 0.25) is 0 Å². The molecule has 0 bridgehead atoms. The van der Waals surface area contributed by atoms with Crippen molar-refractivity contribution in [2.45, 2.75) is 18.9 Å². The third-order valence-corrected chi connectivity index (χ3v) is 3.22. The molecule has 1 aliphatic heterocycles. The van der Waals surface area contributed by atoms with E-state index < -0.39 is 0 Å². The van der Waals surface area contributed by atoms with Crippen molar-refractivity contribution in [3.63, 3.8) is 0 Å². The van der Waals surface area contributed by atoms with Gasteiger partial charge in [-0.15, -0.1) is 0 Å². The number of nitrogens with one attached hydrogen (secondary N) is 1.